The molecule has 0 aliphatic carbocycles. The molecule has 1 N–H and O–H groups in total. The zero-order chi connectivity index (χ0) is 12.1. The van der Waals surface area contributed by atoms with Gasteiger partial charge in [0.1, 0.15) is 0 Å². The Balaban J connectivity index is 4.43. The van der Waals surface area contributed by atoms with Crippen LogP contribution in [0.1, 0.15) is 20.3 Å². The van der Waals surface area contributed by atoms with Crippen LogP contribution in [0.5, 0.6) is 0 Å². The van der Waals surface area contributed by atoms with E-state index >= 15 is 0 Å². The lowest BCUT2D eigenvalue weighted by molar-refractivity contribution is -0.122. The number of nitrogens with one attached hydrogen (secondary N) is 1. The number of carbonyl (C=O) groups is 1. The van der Waals surface area contributed by atoms with Crippen molar-refractivity contribution in [1.82, 2.24) is 5.32 Å². The van der Waals surface area contributed by atoms with Crippen LogP contribution in [-0.2, 0) is 4.79 Å². The van der Waals surface area contributed by atoms with Gasteiger partial charge in [-0.1, -0.05) is 48.7 Å². The van der Waals surface area contributed by atoms with Gasteiger partial charge in [-0.3, -0.25) is 4.79 Å². The lowest BCUT2D eigenvalue weighted by Crippen LogP contribution is -2.42. The Kier molecular flexibility index (Phi) is 6.73. The van der Waals surface area contributed by atoms with E-state index in [1.807, 2.05) is 13.8 Å². The molecule has 3 nitrogen and oxygen atoms in total. The molecule has 0 aromatic carbocycles. The molecule has 0 aliphatic heterocycles. The highest BCUT2D eigenvalue weighted by Crippen LogP contribution is 2.30. The van der Waals surface area contributed by atoms with Gasteiger partial charge in [0.15, 0.2) is 6.17 Å². The SMILES string of the molecule is CC(C)CC(=O)N[C@@H](N=C=S)C(Cl)(Cl)Cl. The first-order valence-corrected chi connectivity index (χ1v) is 5.74. The fraction of sp³-hybridized carbons (Fsp3) is 0.750. The highest BCUT2D eigenvalue weighted by molar-refractivity contribution is 7.78. The highest BCUT2D eigenvalue weighted by atomic mass is 35.6. The van der Waals surface area contributed by atoms with Crippen molar-refractivity contribution in [2.45, 2.75) is 30.2 Å². The Hall–Kier alpha value is 0.140. The van der Waals surface area contributed by atoms with E-state index < -0.39 is 9.96 Å². The monoisotopic (exact) mass is 288 g/mol. The molecule has 1 atom stereocenters. The van der Waals surface area contributed by atoms with Crippen molar-refractivity contribution < 1.29 is 4.79 Å². The summed E-state index contributed by atoms with van der Waals surface area (Å²) in [6.07, 6.45) is -0.657. The lowest BCUT2D eigenvalue weighted by atomic mass is 10.1. The minimum atomic E-state index is -1.72. The molecular formula is C8H11Cl3N2OS. The summed E-state index contributed by atoms with van der Waals surface area (Å²) in [5, 5.41) is 4.53. The number of hydrogen-bond acceptors (Lipinski definition) is 3. The highest BCUT2D eigenvalue weighted by Gasteiger charge is 2.33. The Labute approximate surface area is 109 Å². The average molecular weight is 290 g/mol. The molecule has 0 aliphatic rings. The van der Waals surface area contributed by atoms with Gasteiger partial charge in [0.25, 0.3) is 0 Å². The van der Waals surface area contributed by atoms with E-state index in [1.165, 1.54) is 0 Å². The molecule has 0 bridgehead atoms. The van der Waals surface area contributed by atoms with Crippen molar-refractivity contribution in [2.24, 2.45) is 10.9 Å². The number of thiocarbonyl (C=S) groups is 1. The maximum Gasteiger partial charge on any atom is 0.231 e. The molecule has 15 heavy (non-hydrogen) atoms. The maximum absolute atomic E-state index is 11.4. The first-order chi connectivity index (χ1) is 6.77. The van der Waals surface area contributed by atoms with Gasteiger partial charge in [-0.25, -0.2) is 4.99 Å². The van der Waals surface area contributed by atoms with Crippen molar-refractivity contribution >= 4 is 58.1 Å². The number of isothiocyanates is 1. The predicted molar refractivity (Wildman–Crippen MR) is 66.7 cm³/mol. The molecule has 86 valence electrons. The first kappa shape index (κ1) is 15.1. The smallest absolute Gasteiger partial charge is 0.231 e. The van der Waals surface area contributed by atoms with Crippen LogP contribution in [0.3, 0.4) is 0 Å². The Bertz CT molecular complexity index is 272. The molecule has 0 saturated carbocycles. The fourth-order valence-electron chi connectivity index (χ4n) is 0.822. The Morgan fingerprint density at radius 3 is 2.40 bits per heavy atom. The van der Waals surface area contributed by atoms with Gasteiger partial charge in [0.2, 0.25) is 9.70 Å². The van der Waals surface area contributed by atoms with Crippen molar-refractivity contribution in [3.8, 4) is 0 Å². The zero-order valence-electron chi connectivity index (χ0n) is 8.26. The van der Waals surface area contributed by atoms with Gasteiger partial charge in [0.05, 0.1) is 5.16 Å². The number of aliphatic imine (C=N–C) groups is 1. The van der Waals surface area contributed by atoms with Gasteiger partial charge in [0, 0.05) is 6.42 Å². The number of halogens is 3. The topological polar surface area (TPSA) is 41.5 Å². The third-order valence-corrected chi connectivity index (χ3v) is 2.11. The average Bonchev–Trinajstić information content (AvgIpc) is 2.00. The van der Waals surface area contributed by atoms with Crippen LogP contribution in [0.15, 0.2) is 4.99 Å². The summed E-state index contributed by atoms with van der Waals surface area (Å²) in [6.45, 7) is 3.82. The predicted octanol–water partition coefficient (Wildman–Crippen LogP) is 2.95. The Morgan fingerprint density at radius 1 is 1.53 bits per heavy atom. The summed E-state index contributed by atoms with van der Waals surface area (Å²) in [5.41, 5.74) is 0. The van der Waals surface area contributed by atoms with Crippen LogP contribution in [0.2, 0.25) is 0 Å². The molecule has 0 heterocycles. The third kappa shape index (κ3) is 7.09. The summed E-state index contributed by atoms with van der Waals surface area (Å²) in [4.78, 5) is 15.0. The molecule has 0 rings (SSSR count). The van der Waals surface area contributed by atoms with Gasteiger partial charge in [-0.15, -0.1) is 0 Å². The number of nitrogens with zero attached hydrogens (tertiary/aromatic N) is 1. The second-order valence-electron chi connectivity index (χ2n) is 3.33. The van der Waals surface area contributed by atoms with Crippen LogP contribution in [0.4, 0.5) is 0 Å². The van der Waals surface area contributed by atoms with Crippen LogP contribution in [0.25, 0.3) is 0 Å². The third-order valence-electron chi connectivity index (χ3n) is 1.38. The van der Waals surface area contributed by atoms with Crippen molar-refractivity contribution in [3.05, 3.63) is 0 Å². The standard InChI is InChI=1S/C8H11Cl3N2OS/c1-5(2)3-6(14)13-7(12-4-15)8(9,10)11/h5,7H,3H2,1-2H3,(H,13,14)/t7-/m1/s1. The lowest BCUT2D eigenvalue weighted by Gasteiger charge is -2.20. The second kappa shape index (κ2) is 6.66. The van der Waals surface area contributed by atoms with Crippen molar-refractivity contribution in [2.75, 3.05) is 0 Å². The summed E-state index contributed by atoms with van der Waals surface area (Å²) in [5.74, 6) is -0.0205. The zero-order valence-corrected chi connectivity index (χ0v) is 11.3. The van der Waals surface area contributed by atoms with Crippen LogP contribution < -0.4 is 5.32 Å². The van der Waals surface area contributed by atoms with Gasteiger partial charge < -0.3 is 5.32 Å². The fourth-order valence-corrected chi connectivity index (χ4v) is 1.24. The van der Waals surface area contributed by atoms with Gasteiger partial charge in [-0.05, 0) is 18.1 Å². The number of rotatable bonds is 4. The van der Waals surface area contributed by atoms with E-state index in [0.29, 0.717) is 6.42 Å². The number of carbonyl (C=O) groups excluding carboxylic acids is 1. The number of hydrogen-bond donors (Lipinski definition) is 1. The molecule has 0 fully saturated rings. The quantitative estimate of drug-likeness (QED) is 0.491. The summed E-state index contributed by atoms with van der Waals surface area (Å²) >= 11 is 21.2. The van der Waals surface area contributed by atoms with Crippen molar-refractivity contribution in [3.63, 3.8) is 0 Å². The van der Waals surface area contributed by atoms with E-state index in [9.17, 15) is 4.79 Å². The van der Waals surface area contributed by atoms with Crippen molar-refractivity contribution in [1.29, 1.82) is 0 Å². The van der Waals surface area contributed by atoms with Crippen LogP contribution in [-0.4, -0.2) is 21.0 Å². The normalized spacial score (nSPS) is 13.2. The second-order valence-corrected chi connectivity index (χ2v) is 5.88. The molecule has 7 heteroatoms. The van der Waals surface area contributed by atoms with E-state index in [1.54, 1.807) is 0 Å². The Morgan fingerprint density at radius 2 is 2.07 bits per heavy atom. The molecular weight excluding hydrogens is 279 g/mol. The molecule has 0 unspecified atom stereocenters. The first-order valence-electron chi connectivity index (χ1n) is 4.20. The van der Waals surface area contributed by atoms with E-state index in [4.69, 9.17) is 34.8 Å². The van der Waals surface area contributed by atoms with Gasteiger partial charge >= 0.3 is 0 Å². The number of alkyl halides is 3. The summed E-state index contributed by atoms with van der Waals surface area (Å²) in [6, 6.07) is 0. The van der Waals surface area contributed by atoms with E-state index in [0.717, 1.165) is 0 Å². The molecule has 0 aromatic heterocycles. The van der Waals surface area contributed by atoms with Crippen LogP contribution >= 0.6 is 47.0 Å². The molecule has 0 saturated heterocycles. The molecule has 0 radical (unpaired) electrons. The summed E-state index contributed by atoms with van der Waals surface area (Å²) in [7, 11) is 0. The molecule has 1 amide bonds. The van der Waals surface area contributed by atoms with Gasteiger partial charge in [-0.2, -0.15) is 0 Å². The minimum absolute atomic E-state index is 0.220. The summed E-state index contributed by atoms with van der Waals surface area (Å²) < 4.78 is -1.72. The number of amides is 1. The van der Waals surface area contributed by atoms with E-state index in [2.05, 4.69) is 27.7 Å². The van der Waals surface area contributed by atoms with Crippen LogP contribution in [0, 0.1) is 5.92 Å². The maximum atomic E-state index is 11.4. The molecule has 0 aromatic rings. The largest absolute Gasteiger partial charge is 0.330 e. The van der Waals surface area contributed by atoms with E-state index in [-0.39, 0.29) is 11.8 Å². The minimum Gasteiger partial charge on any atom is -0.330 e. The molecule has 0 spiro atoms.